The molecule has 1 saturated heterocycles. The Hall–Kier alpha value is -2.00. The number of ether oxygens (including phenoxy) is 2. The van der Waals surface area contributed by atoms with E-state index in [-0.39, 0.29) is 0 Å². The van der Waals surface area contributed by atoms with Gasteiger partial charge in [0, 0.05) is 12.1 Å². The Morgan fingerprint density at radius 3 is 2.42 bits per heavy atom. The lowest BCUT2D eigenvalue weighted by Gasteiger charge is -2.26. The van der Waals surface area contributed by atoms with Crippen LogP contribution < -0.4 is 9.47 Å². The number of para-hydroxylation sites is 1. The van der Waals surface area contributed by atoms with E-state index in [9.17, 15) is 0 Å². The topological polar surface area (TPSA) is 21.7 Å². The van der Waals surface area contributed by atoms with E-state index in [1.165, 1.54) is 32.4 Å². The first-order valence-corrected chi connectivity index (χ1v) is 8.95. The van der Waals surface area contributed by atoms with E-state index in [4.69, 9.17) is 9.47 Å². The van der Waals surface area contributed by atoms with Crippen LogP contribution in [0.3, 0.4) is 0 Å². The highest BCUT2D eigenvalue weighted by atomic mass is 16.5. The van der Waals surface area contributed by atoms with Gasteiger partial charge in [0.05, 0.1) is 13.7 Å². The third-order valence-corrected chi connectivity index (χ3v) is 4.61. The molecule has 0 N–H and O–H groups in total. The molecule has 24 heavy (non-hydrogen) atoms. The van der Waals surface area contributed by atoms with Crippen molar-refractivity contribution in [2.45, 2.75) is 25.7 Å². The third kappa shape index (κ3) is 4.51. The number of nitrogens with zero attached hydrogens (tertiary/aromatic N) is 1. The van der Waals surface area contributed by atoms with Crippen LogP contribution in [0.4, 0.5) is 0 Å². The second-order valence-electron chi connectivity index (χ2n) is 6.33. The van der Waals surface area contributed by atoms with Crippen molar-refractivity contribution in [3.8, 4) is 22.6 Å². The van der Waals surface area contributed by atoms with Crippen LogP contribution in [0.1, 0.15) is 25.7 Å². The summed E-state index contributed by atoms with van der Waals surface area (Å²) in [5.74, 6) is 1.83. The van der Waals surface area contributed by atoms with Gasteiger partial charge in [-0.1, -0.05) is 36.8 Å². The molecule has 0 aliphatic carbocycles. The largest absolute Gasteiger partial charge is 0.496 e. The number of hydrogen-bond donors (Lipinski definition) is 0. The van der Waals surface area contributed by atoms with Crippen molar-refractivity contribution in [1.82, 2.24) is 4.90 Å². The normalized spacial score (nSPS) is 15.2. The van der Waals surface area contributed by atoms with Gasteiger partial charge in [-0.25, -0.2) is 0 Å². The first-order valence-electron chi connectivity index (χ1n) is 8.95. The van der Waals surface area contributed by atoms with Crippen LogP contribution in [0, 0.1) is 0 Å². The molecular weight excluding hydrogens is 298 g/mol. The Morgan fingerprint density at radius 1 is 0.917 bits per heavy atom. The lowest BCUT2D eigenvalue weighted by atomic mass is 10.0. The van der Waals surface area contributed by atoms with Gasteiger partial charge < -0.3 is 14.4 Å². The summed E-state index contributed by atoms with van der Waals surface area (Å²) < 4.78 is 11.3. The van der Waals surface area contributed by atoms with Crippen molar-refractivity contribution in [2.24, 2.45) is 0 Å². The number of hydrogen-bond acceptors (Lipinski definition) is 3. The summed E-state index contributed by atoms with van der Waals surface area (Å²) >= 11 is 0. The van der Waals surface area contributed by atoms with Crippen molar-refractivity contribution in [3.05, 3.63) is 48.5 Å². The summed E-state index contributed by atoms with van der Waals surface area (Å²) in [5.41, 5.74) is 2.25. The van der Waals surface area contributed by atoms with Gasteiger partial charge in [0.2, 0.25) is 0 Å². The number of piperidine rings is 1. The fourth-order valence-electron chi connectivity index (χ4n) is 3.28. The number of benzene rings is 2. The minimum absolute atomic E-state index is 0.782. The van der Waals surface area contributed by atoms with Crippen molar-refractivity contribution < 1.29 is 9.47 Å². The lowest BCUT2D eigenvalue weighted by Crippen LogP contribution is -2.31. The molecule has 0 atom stereocenters. The molecule has 0 saturated carbocycles. The summed E-state index contributed by atoms with van der Waals surface area (Å²) in [5, 5.41) is 0. The van der Waals surface area contributed by atoms with Crippen LogP contribution in [0.25, 0.3) is 11.1 Å². The predicted octanol–water partition coefficient (Wildman–Crippen LogP) is 4.62. The Bertz CT molecular complexity index is 618. The van der Waals surface area contributed by atoms with E-state index in [0.717, 1.165) is 42.2 Å². The zero-order valence-corrected chi connectivity index (χ0v) is 14.5. The molecule has 0 aromatic heterocycles. The van der Waals surface area contributed by atoms with Gasteiger partial charge in [0.1, 0.15) is 11.5 Å². The Morgan fingerprint density at radius 2 is 1.67 bits per heavy atom. The predicted molar refractivity (Wildman–Crippen MR) is 98.8 cm³/mol. The van der Waals surface area contributed by atoms with Gasteiger partial charge in [-0.15, -0.1) is 0 Å². The fraction of sp³-hybridized carbons (Fsp3) is 0.429. The summed E-state index contributed by atoms with van der Waals surface area (Å²) in [4.78, 5) is 2.55. The second-order valence-corrected chi connectivity index (χ2v) is 6.33. The molecule has 3 nitrogen and oxygen atoms in total. The van der Waals surface area contributed by atoms with E-state index in [0.29, 0.717) is 0 Å². The molecular formula is C21H27NO2. The number of rotatable bonds is 7. The zero-order chi connectivity index (χ0) is 16.6. The molecule has 0 bridgehead atoms. The highest BCUT2D eigenvalue weighted by Crippen LogP contribution is 2.30. The monoisotopic (exact) mass is 325 g/mol. The number of likely N-dealkylation sites (tertiary alicyclic amines) is 1. The van der Waals surface area contributed by atoms with Crippen LogP contribution in [-0.4, -0.2) is 38.3 Å². The molecule has 3 rings (SSSR count). The molecule has 0 unspecified atom stereocenters. The molecule has 1 aliphatic heterocycles. The molecule has 1 fully saturated rings. The molecule has 1 aliphatic rings. The SMILES string of the molecule is COc1ccccc1-c1ccc(OCCCN2CCCCC2)cc1. The van der Waals surface area contributed by atoms with Crippen molar-refractivity contribution in [3.63, 3.8) is 0 Å². The Balaban J connectivity index is 1.49. The molecule has 0 amide bonds. The maximum absolute atomic E-state index is 5.89. The van der Waals surface area contributed by atoms with Crippen molar-refractivity contribution >= 4 is 0 Å². The molecule has 0 spiro atoms. The Labute approximate surface area is 145 Å². The van der Waals surface area contributed by atoms with Crippen LogP contribution >= 0.6 is 0 Å². The first kappa shape index (κ1) is 16.8. The average Bonchev–Trinajstić information content (AvgIpc) is 2.66. The van der Waals surface area contributed by atoms with E-state index in [2.05, 4.69) is 23.1 Å². The first-order chi connectivity index (χ1) is 11.9. The molecule has 128 valence electrons. The standard InChI is InChI=1S/C21H27NO2/c1-23-21-9-4-3-8-20(21)18-10-12-19(13-11-18)24-17-7-16-22-14-5-2-6-15-22/h3-4,8-13H,2,5-7,14-17H2,1H3. The van der Waals surface area contributed by atoms with Crippen LogP contribution in [-0.2, 0) is 0 Å². The summed E-state index contributed by atoms with van der Waals surface area (Å²) in [6, 6.07) is 16.4. The van der Waals surface area contributed by atoms with Gasteiger partial charge in [0.25, 0.3) is 0 Å². The Kier molecular flexibility index (Phi) is 6.13. The maximum Gasteiger partial charge on any atom is 0.126 e. The zero-order valence-electron chi connectivity index (χ0n) is 14.5. The van der Waals surface area contributed by atoms with Crippen molar-refractivity contribution in [1.29, 1.82) is 0 Å². The van der Waals surface area contributed by atoms with Gasteiger partial charge in [-0.3, -0.25) is 0 Å². The van der Waals surface area contributed by atoms with Crippen LogP contribution in [0.2, 0.25) is 0 Å². The number of methoxy groups -OCH3 is 1. The van der Waals surface area contributed by atoms with E-state index in [1.54, 1.807) is 7.11 Å². The summed E-state index contributed by atoms with van der Waals surface area (Å²) in [6.07, 6.45) is 5.19. The molecule has 1 heterocycles. The molecule has 2 aromatic rings. The van der Waals surface area contributed by atoms with Gasteiger partial charge >= 0.3 is 0 Å². The average molecular weight is 325 g/mol. The summed E-state index contributed by atoms with van der Waals surface area (Å²) in [6.45, 7) is 4.45. The van der Waals surface area contributed by atoms with Gasteiger partial charge in [0.15, 0.2) is 0 Å². The summed E-state index contributed by atoms with van der Waals surface area (Å²) in [7, 11) is 1.71. The van der Waals surface area contributed by atoms with Crippen LogP contribution in [0.15, 0.2) is 48.5 Å². The van der Waals surface area contributed by atoms with E-state index >= 15 is 0 Å². The second kappa shape index (κ2) is 8.74. The van der Waals surface area contributed by atoms with Crippen LogP contribution in [0.5, 0.6) is 11.5 Å². The molecule has 3 heteroatoms. The maximum atomic E-state index is 5.89. The molecule has 0 radical (unpaired) electrons. The minimum Gasteiger partial charge on any atom is -0.496 e. The molecule has 2 aromatic carbocycles. The highest BCUT2D eigenvalue weighted by Gasteiger charge is 2.09. The van der Waals surface area contributed by atoms with Crippen molar-refractivity contribution in [2.75, 3.05) is 33.4 Å². The minimum atomic E-state index is 0.782. The van der Waals surface area contributed by atoms with Gasteiger partial charge in [-0.2, -0.15) is 0 Å². The third-order valence-electron chi connectivity index (χ3n) is 4.61. The van der Waals surface area contributed by atoms with E-state index < -0.39 is 0 Å². The smallest absolute Gasteiger partial charge is 0.126 e. The highest BCUT2D eigenvalue weighted by molar-refractivity contribution is 5.70. The van der Waals surface area contributed by atoms with E-state index in [1.807, 2.05) is 30.3 Å². The fourth-order valence-corrected chi connectivity index (χ4v) is 3.28. The van der Waals surface area contributed by atoms with Gasteiger partial charge in [-0.05, 0) is 56.1 Å². The quantitative estimate of drug-likeness (QED) is 0.694. The lowest BCUT2D eigenvalue weighted by molar-refractivity contribution is 0.205.